The molecule has 0 bridgehead atoms. The molecule has 18 heavy (non-hydrogen) atoms. The number of hydrogen-bond acceptors (Lipinski definition) is 1. The van der Waals surface area contributed by atoms with Gasteiger partial charge in [-0.1, -0.05) is 51.0 Å². The van der Waals surface area contributed by atoms with E-state index in [0.717, 1.165) is 18.4 Å². The van der Waals surface area contributed by atoms with Gasteiger partial charge in [0.2, 0.25) is 0 Å². The van der Waals surface area contributed by atoms with E-state index in [-0.39, 0.29) is 0 Å². The van der Waals surface area contributed by atoms with E-state index in [2.05, 4.69) is 43.4 Å². The normalized spacial score (nSPS) is 23.4. The minimum atomic E-state index is 0.791. The number of nitrogens with one attached hydrogen (secondary N) is 1. The number of hydrogen-bond donors (Lipinski definition) is 1. The van der Waals surface area contributed by atoms with Crippen LogP contribution >= 0.6 is 0 Å². The van der Waals surface area contributed by atoms with Crippen LogP contribution in [0.3, 0.4) is 0 Å². The average molecular weight is 245 g/mol. The molecule has 2 atom stereocenters. The fourth-order valence-corrected chi connectivity index (χ4v) is 3.27. The van der Waals surface area contributed by atoms with E-state index in [0.29, 0.717) is 0 Å². The zero-order valence-corrected chi connectivity index (χ0v) is 11.9. The first kappa shape index (κ1) is 13.6. The van der Waals surface area contributed by atoms with Gasteiger partial charge in [-0.2, -0.15) is 0 Å². The zero-order chi connectivity index (χ0) is 12.8. The van der Waals surface area contributed by atoms with Crippen LogP contribution < -0.4 is 5.32 Å². The van der Waals surface area contributed by atoms with Crippen molar-refractivity contribution >= 4 is 0 Å². The second-order valence-corrected chi connectivity index (χ2v) is 5.60. The molecule has 1 aromatic rings. The van der Waals surface area contributed by atoms with Crippen LogP contribution in [0.15, 0.2) is 24.3 Å². The van der Waals surface area contributed by atoms with E-state index in [4.69, 9.17) is 0 Å². The lowest BCUT2D eigenvalue weighted by Crippen LogP contribution is -2.24. The molecule has 1 nitrogen and oxygen atoms in total. The summed E-state index contributed by atoms with van der Waals surface area (Å²) >= 11 is 0. The van der Waals surface area contributed by atoms with Crippen molar-refractivity contribution in [1.29, 1.82) is 0 Å². The molecule has 1 aliphatic rings. The highest BCUT2D eigenvalue weighted by Gasteiger charge is 2.27. The second-order valence-electron chi connectivity index (χ2n) is 5.60. The summed E-state index contributed by atoms with van der Waals surface area (Å²) in [5.74, 6) is 1.64. The molecule has 0 heterocycles. The largest absolute Gasteiger partial charge is 0.317 e. The van der Waals surface area contributed by atoms with Crippen LogP contribution in [-0.2, 0) is 6.42 Å². The minimum Gasteiger partial charge on any atom is -0.317 e. The molecule has 1 saturated carbocycles. The van der Waals surface area contributed by atoms with Gasteiger partial charge in [0.15, 0.2) is 0 Å². The van der Waals surface area contributed by atoms with Crippen molar-refractivity contribution in [1.82, 2.24) is 5.32 Å². The van der Waals surface area contributed by atoms with Gasteiger partial charge in [0, 0.05) is 0 Å². The molecule has 0 aliphatic heterocycles. The Hall–Kier alpha value is -0.820. The van der Waals surface area contributed by atoms with Crippen LogP contribution in [0.2, 0.25) is 0 Å². The fraction of sp³-hybridized carbons (Fsp3) is 0.647. The van der Waals surface area contributed by atoms with Crippen LogP contribution in [0.1, 0.15) is 56.6 Å². The van der Waals surface area contributed by atoms with Gasteiger partial charge in [-0.05, 0) is 55.3 Å². The Morgan fingerprint density at radius 3 is 2.56 bits per heavy atom. The Kier molecular flexibility index (Phi) is 5.25. The first-order chi connectivity index (χ1) is 8.85. The van der Waals surface area contributed by atoms with Crippen molar-refractivity contribution in [3.05, 3.63) is 35.4 Å². The van der Waals surface area contributed by atoms with Crippen molar-refractivity contribution in [2.45, 2.75) is 51.9 Å². The lowest BCUT2D eigenvalue weighted by molar-refractivity contribution is 0.450. The maximum Gasteiger partial charge on any atom is -0.00148 e. The molecule has 1 aliphatic carbocycles. The minimum absolute atomic E-state index is 0.791. The highest BCUT2D eigenvalue weighted by molar-refractivity contribution is 5.26. The highest BCUT2D eigenvalue weighted by atomic mass is 14.8. The van der Waals surface area contributed by atoms with Gasteiger partial charge < -0.3 is 5.32 Å². The molecule has 1 aromatic carbocycles. The molecular formula is C17H27N. The summed E-state index contributed by atoms with van der Waals surface area (Å²) in [5.41, 5.74) is 3.05. The van der Waals surface area contributed by atoms with Crippen molar-refractivity contribution in [3.8, 4) is 0 Å². The number of aryl methyl sites for hydroxylation is 1. The Morgan fingerprint density at radius 1 is 1.11 bits per heavy atom. The molecule has 100 valence electrons. The molecule has 2 unspecified atom stereocenters. The van der Waals surface area contributed by atoms with Crippen LogP contribution in [0, 0.1) is 5.92 Å². The monoisotopic (exact) mass is 245 g/mol. The molecule has 0 aromatic heterocycles. The van der Waals surface area contributed by atoms with E-state index in [1.807, 2.05) is 0 Å². The van der Waals surface area contributed by atoms with Crippen molar-refractivity contribution in [2.24, 2.45) is 5.92 Å². The van der Waals surface area contributed by atoms with E-state index in [1.54, 1.807) is 5.56 Å². The molecular weight excluding hydrogens is 218 g/mol. The Morgan fingerprint density at radius 2 is 1.89 bits per heavy atom. The lowest BCUT2D eigenvalue weighted by Gasteiger charge is -2.20. The van der Waals surface area contributed by atoms with Crippen LogP contribution in [0.5, 0.6) is 0 Å². The zero-order valence-electron chi connectivity index (χ0n) is 11.9. The summed E-state index contributed by atoms with van der Waals surface area (Å²) < 4.78 is 0. The molecule has 0 amide bonds. The van der Waals surface area contributed by atoms with Gasteiger partial charge in [-0.15, -0.1) is 0 Å². The van der Waals surface area contributed by atoms with E-state index < -0.39 is 0 Å². The molecule has 1 fully saturated rings. The topological polar surface area (TPSA) is 12.0 Å². The van der Waals surface area contributed by atoms with Crippen LogP contribution in [0.4, 0.5) is 0 Å². The third-order valence-corrected chi connectivity index (χ3v) is 4.26. The Labute approximate surface area is 112 Å². The molecule has 0 radical (unpaired) electrons. The predicted molar refractivity (Wildman–Crippen MR) is 79.1 cm³/mol. The third-order valence-electron chi connectivity index (χ3n) is 4.26. The highest BCUT2D eigenvalue weighted by Crippen LogP contribution is 2.39. The fourth-order valence-electron chi connectivity index (χ4n) is 3.27. The summed E-state index contributed by atoms with van der Waals surface area (Å²) in [6.07, 6.45) is 6.63. The molecule has 0 spiro atoms. The van der Waals surface area contributed by atoms with Gasteiger partial charge in [0.25, 0.3) is 0 Å². The second kappa shape index (κ2) is 6.94. The summed E-state index contributed by atoms with van der Waals surface area (Å²) in [5, 5.41) is 3.52. The Balaban J connectivity index is 2.00. The van der Waals surface area contributed by atoms with Gasteiger partial charge in [-0.3, -0.25) is 0 Å². The van der Waals surface area contributed by atoms with Crippen molar-refractivity contribution in [2.75, 3.05) is 13.1 Å². The van der Waals surface area contributed by atoms with Gasteiger partial charge >= 0.3 is 0 Å². The van der Waals surface area contributed by atoms with E-state index >= 15 is 0 Å². The predicted octanol–water partition coefficient (Wildman–Crippen LogP) is 4.13. The molecule has 0 saturated heterocycles. The average Bonchev–Trinajstić information content (AvgIpc) is 2.86. The standard InChI is InChI=1S/C17H27N/c1-3-6-14-9-11-15(12-10-14)17-8-5-7-16(17)13-18-4-2/h9-12,16-18H,3-8,13H2,1-2H3. The summed E-state index contributed by atoms with van der Waals surface area (Å²) in [7, 11) is 0. The maximum absolute atomic E-state index is 3.52. The molecule has 1 heteroatoms. The van der Waals surface area contributed by atoms with Gasteiger partial charge in [0.1, 0.15) is 0 Å². The third kappa shape index (κ3) is 3.35. The number of benzene rings is 1. The summed E-state index contributed by atoms with van der Waals surface area (Å²) in [6, 6.07) is 9.42. The molecule has 2 rings (SSSR count). The first-order valence-corrected chi connectivity index (χ1v) is 7.64. The summed E-state index contributed by atoms with van der Waals surface area (Å²) in [6.45, 7) is 6.73. The molecule has 1 N–H and O–H groups in total. The quantitative estimate of drug-likeness (QED) is 0.794. The van der Waals surface area contributed by atoms with E-state index in [1.165, 1.54) is 44.2 Å². The SMILES string of the molecule is CCCc1ccc(C2CCCC2CNCC)cc1. The van der Waals surface area contributed by atoms with Gasteiger partial charge in [-0.25, -0.2) is 0 Å². The van der Waals surface area contributed by atoms with Gasteiger partial charge in [0.05, 0.1) is 0 Å². The lowest BCUT2D eigenvalue weighted by atomic mass is 9.88. The summed E-state index contributed by atoms with van der Waals surface area (Å²) in [4.78, 5) is 0. The van der Waals surface area contributed by atoms with Crippen molar-refractivity contribution in [3.63, 3.8) is 0 Å². The van der Waals surface area contributed by atoms with Crippen LogP contribution in [-0.4, -0.2) is 13.1 Å². The Bertz CT molecular complexity index is 341. The van der Waals surface area contributed by atoms with Crippen LogP contribution in [0.25, 0.3) is 0 Å². The number of rotatable bonds is 6. The smallest absolute Gasteiger partial charge is 0.00148 e. The first-order valence-electron chi connectivity index (χ1n) is 7.64. The maximum atomic E-state index is 3.52. The van der Waals surface area contributed by atoms with E-state index in [9.17, 15) is 0 Å². The van der Waals surface area contributed by atoms with Crippen molar-refractivity contribution < 1.29 is 0 Å².